The number of sulfonamides is 1. The third kappa shape index (κ3) is 4.23. The molecule has 0 radical (unpaired) electrons. The lowest BCUT2D eigenvalue weighted by molar-refractivity contribution is -0.132. The highest BCUT2D eigenvalue weighted by molar-refractivity contribution is 7.89. The van der Waals surface area contributed by atoms with Gasteiger partial charge in [-0.05, 0) is 48.6 Å². The minimum atomic E-state index is -3.51. The summed E-state index contributed by atoms with van der Waals surface area (Å²) in [6, 6.07) is 16.9. The molecule has 4 rings (SSSR count). The van der Waals surface area contributed by atoms with Gasteiger partial charge in [0.2, 0.25) is 15.9 Å². The maximum Gasteiger partial charge on any atom is 0.243 e. The van der Waals surface area contributed by atoms with Gasteiger partial charge in [0, 0.05) is 51.9 Å². The van der Waals surface area contributed by atoms with E-state index in [-0.39, 0.29) is 17.7 Å². The first-order valence-corrected chi connectivity index (χ1v) is 11.9. The minimum absolute atomic E-state index is 0.0208. The Morgan fingerprint density at radius 1 is 0.933 bits per heavy atom. The molecule has 1 heterocycles. The van der Waals surface area contributed by atoms with E-state index in [1.54, 1.807) is 24.3 Å². The van der Waals surface area contributed by atoms with E-state index in [9.17, 15) is 13.2 Å². The molecule has 0 N–H and O–H groups in total. The Morgan fingerprint density at radius 2 is 1.63 bits per heavy atom. The average molecular weight is 428 g/mol. The van der Waals surface area contributed by atoms with Crippen LogP contribution in [0.1, 0.15) is 24.3 Å². The molecule has 30 heavy (non-hydrogen) atoms. The van der Waals surface area contributed by atoms with Crippen LogP contribution in [0.25, 0.3) is 0 Å². The Balaban J connectivity index is 1.37. The van der Waals surface area contributed by atoms with Crippen molar-refractivity contribution in [1.29, 1.82) is 0 Å². The summed E-state index contributed by atoms with van der Waals surface area (Å²) in [6.45, 7) is 1.86. The van der Waals surface area contributed by atoms with Gasteiger partial charge in [0.05, 0.1) is 4.90 Å². The van der Waals surface area contributed by atoms with Crippen LogP contribution in [0.15, 0.2) is 59.5 Å². The van der Waals surface area contributed by atoms with Crippen LogP contribution in [-0.2, 0) is 14.8 Å². The van der Waals surface area contributed by atoms with Gasteiger partial charge in [-0.1, -0.05) is 30.3 Å². The third-order valence-electron chi connectivity index (χ3n) is 6.09. The van der Waals surface area contributed by atoms with E-state index in [0.29, 0.717) is 37.5 Å². The fourth-order valence-electron chi connectivity index (χ4n) is 4.19. The second-order valence-electron chi connectivity index (χ2n) is 8.33. The van der Waals surface area contributed by atoms with Crippen molar-refractivity contribution in [2.24, 2.45) is 5.92 Å². The quantitative estimate of drug-likeness (QED) is 0.736. The number of carbonyl (C=O) groups is 1. The SMILES string of the molecule is CN(C)c1ccc([C@@H]2C[C@H]2C(=O)N2CCCN(S(=O)(=O)c3ccccc3)CC2)cc1. The Kier molecular flexibility index (Phi) is 5.84. The molecule has 0 spiro atoms. The molecule has 1 aliphatic carbocycles. The van der Waals surface area contributed by atoms with Crippen LogP contribution in [-0.4, -0.2) is 63.8 Å². The van der Waals surface area contributed by atoms with E-state index in [1.807, 2.05) is 25.1 Å². The average Bonchev–Trinajstić information content (AvgIpc) is 3.57. The van der Waals surface area contributed by atoms with Gasteiger partial charge in [0.25, 0.3) is 0 Å². The molecule has 1 saturated carbocycles. The molecular weight excluding hydrogens is 398 g/mol. The molecule has 1 amide bonds. The summed E-state index contributed by atoms with van der Waals surface area (Å²) in [7, 11) is 0.513. The number of hydrogen-bond acceptors (Lipinski definition) is 4. The lowest BCUT2D eigenvalue weighted by Gasteiger charge is -2.22. The van der Waals surface area contributed by atoms with Crippen molar-refractivity contribution < 1.29 is 13.2 Å². The lowest BCUT2D eigenvalue weighted by Crippen LogP contribution is -2.38. The van der Waals surface area contributed by atoms with Gasteiger partial charge < -0.3 is 9.80 Å². The first kappa shape index (κ1) is 20.9. The number of rotatable bonds is 5. The van der Waals surface area contributed by atoms with E-state index in [1.165, 1.54) is 9.87 Å². The predicted octanol–water partition coefficient (Wildman–Crippen LogP) is 2.78. The number of carbonyl (C=O) groups excluding carboxylic acids is 1. The number of hydrogen-bond donors (Lipinski definition) is 0. The highest BCUT2D eigenvalue weighted by atomic mass is 32.2. The van der Waals surface area contributed by atoms with Gasteiger partial charge in [-0.3, -0.25) is 4.79 Å². The predicted molar refractivity (Wildman–Crippen MR) is 118 cm³/mol. The summed E-state index contributed by atoms with van der Waals surface area (Å²) >= 11 is 0. The van der Waals surface area contributed by atoms with E-state index in [2.05, 4.69) is 29.2 Å². The summed E-state index contributed by atoms with van der Waals surface area (Å²) in [5.41, 5.74) is 2.36. The molecule has 0 unspecified atom stereocenters. The molecule has 0 aromatic heterocycles. The van der Waals surface area contributed by atoms with Crippen LogP contribution in [0.5, 0.6) is 0 Å². The van der Waals surface area contributed by atoms with Crippen molar-refractivity contribution in [2.75, 3.05) is 45.2 Å². The number of anilines is 1. The topological polar surface area (TPSA) is 60.9 Å². The number of benzene rings is 2. The number of nitrogens with zero attached hydrogens (tertiary/aromatic N) is 3. The van der Waals surface area contributed by atoms with Crippen molar-refractivity contribution in [3.63, 3.8) is 0 Å². The zero-order valence-electron chi connectivity index (χ0n) is 17.6. The van der Waals surface area contributed by atoms with Crippen molar-refractivity contribution >= 4 is 21.6 Å². The van der Waals surface area contributed by atoms with E-state index in [0.717, 1.165) is 12.1 Å². The maximum atomic E-state index is 13.0. The molecule has 160 valence electrons. The summed E-state index contributed by atoms with van der Waals surface area (Å²) in [4.78, 5) is 17.3. The maximum absolute atomic E-state index is 13.0. The summed E-state index contributed by atoms with van der Waals surface area (Å²) in [6.07, 6.45) is 1.54. The Hall–Kier alpha value is -2.38. The fraction of sp³-hybridized carbons (Fsp3) is 0.435. The molecule has 6 nitrogen and oxygen atoms in total. The summed E-state index contributed by atoms with van der Waals surface area (Å²) < 4.78 is 27.3. The van der Waals surface area contributed by atoms with Gasteiger partial charge in [0.1, 0.15) is 0 Å². The molecule has 2 atom stereocenters. The summed E-state index contributed by atoms with van der Waals surface area (Å²) in [5.74, 6) is 0.462. The first-order valence-electron chi connectivity index (χ1n) is 10.5. The van der Waals surface area contributed by atoms with Gasteiger partial charge in [0.15, 0.2) is 0 Å². The molecule has 1 aliphatic heterocycles. The molecule has 0 bridgehead atoms. The van der Waals surface area contributed by atoms with Gasteiger partial charge in [-0.25, -0.2) is 8.42 Å². The second-order valence-corrected chi connectivity index (χ2v) is 10.3. The molecule has 2 aromatic rings. The Morgan fingerprint density at radius 3 is 2.30 bits per heavy atom. The van der Waals surface area contributed by atoms with Crippen LogP contribution < -0.4 is 4.90 Å². The van der Waals surface area contributed by atoms with Crippen LogP contribution >= 0.6 is 0 Å². The van der Waals surface area contributed by atoms with Crippen LogP contribution in [0.2, 0.25) is 0 Å². The zero-order chi connectivity index (χ0) is 21.3. The van der Waals surface area contributed by atoms with E-state index < -0.39 is 10.0 Å². The molecule has 2 fully saturated rings. The van der Waals surface area contributed by atoms with E-state index >= 15 is 0 Å². The highest BCUT2D eigenvalue weighted by Crippen LogP contribution is 2.48. The van der Waals surface area contributed by atoms with Gasteiger partial charge in [-0.15, -0.1) is 0 Å². The smallest absolute Gasteiger partial charge is 0.243 e. The lowest BCUT2D eigenvalue weighted by atomic mass is 10.1. The highest BCUT2D eigenvalue weighted by Gasteiger charge is 2.46. The Labute approximate surface area is 179 Å². The third-order valence-corrected chi connectivity index (χ3v) is 8.01. The molecule has 7 heteroatoms. The fourth-order valence-corrected chi connectivity index (χ4v) is 5.68. The zero-order valence-corrected chi connectivity index (χ0v) is 18.4. The van der Waals surface area contributed by atoms with E-state index in [4.69, 9.17) is 0 Å². The molecular formula is C23H29N3O3S. The molecule has 2 aliphatic rings. The monoisotopic (exact) mass is 427 g/mol. The second kappa shape index (κ2) is 8.40. The standard InChI is InChI=1S/C23H29N3O3S/c1-24(2)19-11-9-18(10-12-19)21-17-22(21)23(27)25-13-6-14-26(16-15-25)30(28,29)20-7-4-3-5-8-20/h3-5,7-12,21-22H,6,13-17H2,1-2H3/t21-,22+/m0/s1. The van der Waals surface area contributed by atoms with Crippen molar-refractivity contribution in [3.8, 4) is 0 Å². The minimum Gasteiger partial charge on any atom is -0.378 e. The Bertz CT molecular complexity index is 990. The summed E-state index contributed by atoms with van der Waals surface area (Å²) in [5, 5.41) is 0. The van der Waals surface area contributed by atoms with Crippen molar-refractivity contribution in [3.05, 3.63) is 60.2 Å². The molecule has 1 saturated heterocycles. The van der Waals surface area contributed by atoms with Gasteiger partial charge >= 0.3 is 0 Å². The van der Waals surface area contributed by atoms with Crippen LogP contribution in [0.4, 0.5) is 5.69 Å². The largest absolute Gasteiger partial charge is 0.378 e. The van der Waals surface area contributed by atoms with Gasteiger partial charge in [-0.2, -0.15) is 4.31 Å². The van der Waals surface area contributed by atoms with Crippen molar-refractivity contribution in [1.82, 2.24) is 9.21 Å². The molecule has 2 aromatic carbocycles. The number of amides is 1. The van der Waals surface area contributed by atoms with Crippen LogP contribution in [0.3, 0.4) is 0 Å². The normalized spacial score (nSPS) is 22.4. The van der Waals surface area contributed by atoms with Crippen LogP contribution in [0, 0.1) is 5.92 Å². The van der Waals surface area contributed by atoms with Crippen molar-refractivity contribution in [2.45, 2.75) is 23.7 Å². The first-order chi connectivity index (χ1) is 14.4.